The lowest BCUT2D eigenvalue weighted by atomic mass is 10.1. The number of hydrogen-bond acceptors (Lipinski definition) is 1. The van der Waals surface area contributed by atoms with Gasteiger partial charge in [-0.15, -0.1) is 0 Å². The molecule has 2 N–H and O–H groups in total. The molecule has 0 unspecified atom stereocenters. The maximum Gasteiger partial charge on any atom is 0.417 e. The molecule has 0 aliphatic heterocycles. The molecule has 0 aliphatic rings. The number of carbonyl (C=O) groups is 1. The number of amides is 1. The van der Waals surface area contributed by atoms with Gasteiger partial charge < -0.3 is 5.73 Å². The van der Waals surface area contributed by atoms with E-state index in [1.165, 1.54) is 0 Å². The first-order valence-electron chi connectivity index (χ1n) is 3.59. The van der Waals surface area contributed by atoms with Crippen LogP contribution in [0.1, 0.15) is 15.9 Å². The van der Waals surface area contributed by atoms with E-state index in [4.69, 9.17) is 11.6 Å². The Balaban J connectivity index is 3.49. The summed E-state index contributed by atoms with van der Waals surface area (Å²) >= 11 is 5.17. The predicted octanol–water partition coefficient (Wildman–Crippen LogP) is 2.60. The van der Waals surface area contributed by atoms with Crippen molar-refractivity contribution in [2.45, 2.75) is 6.18 Å². The Bertz CT molecular complexity index is 416. The third kappa shape index (κ3) is 2.38. The zero-order chi connectivity index (χ0) is 11.8. The molecule has 0 bridgehead atoms. The summed E-state index contributed by atoms with van der Waals surface area (Å²) in [4.78, 5) is 10.6. The second-order valence-electron chi connectivity index (χ2n) is 2.67. The van der Waals surface area contributed by atoms with E-state index in [2.05, 4.69) is 5.73 Å². The lowest BCUT2D eigenvalue weighted by Gasteiger charge is -2.11. The Morgan fingerprint density at radius 2 is 1.87 bits per heavy atom. The van der Waals surface area contributed by atoms with Crippen LogP contribution >= 0.6 is 11.6 Å². The summed E-state index contributed by atoms with van der Waals surface area (Å²) < 4.78 is 49.8. The first-order valence-corrected chi connectivity index (χ1v) is 3.97. The Kier molecular flexibility index (Phi) is 2.90. The van der Waals surface area contributed by atoms with E-state index >= 15 is 0 Å². The van der Waals surface area contributed by atoms with Crippen LogP contribution in [0.4, 0.5) is 17.6 Å². The molecule has 0 heterocycles. The molecule has 1 rings (SSSR count). The van der Waals surface area contributed by atoms with Crippen LogP contribution in [0.3, 0.4) is 0 Å². The van der Waals surface area contributed by atoms with Crippen molar-refractivity contribution in [1.82, 2.24) is 0 Å². The maximum atomic E-state index is 12.8. The zero-order valence-corrected chi connectivity index (χ0v) is 7.79. The summed E-state index contributed by atoms with van der Waals surface area (Å²) in [6, 6.07) is 0.699. The summed E-state index contributed by atoms with van der Waals surface area (Å²) in [6.07, 6.45) is -4.80. The molecular weight excluding hydrogens is 238 g/mol. The van der Waals surface area contributed by atoms with Gasteiger partial charge in [-0.25, -0.2) is 4.39 Å². The van der Waals surface area contributed by atoms with Crippen molar-refractivity contribution in [2.75, 3.05) is 0 Å². The molecule has 15 heavy (non-hydrogen) atoms. The molecular formula is C8H4ClF4NO. The Morgan fingerprint density at radius 3 is 2.27 bits per heavy atom. The van der Waals surface area contributed by atoms with Crippen molar-refractivity contribution in [3.05, 3.63) is 34.1 Å². The van der Waals surface area contributed by atoms with Crippen LogP contribution < -0.4 is 5.73 Å². The van der Waals surface area contributed by atoms with Crippen LogP contribution in [-0.4, -0.2) is 5.91 Å². The van der Waals surface area contributed by atoms with Gasteiger partial charge in [0.25, 0.3) is 0 Å². The summed E-state index contributed by atoms with van der Waals surface area (Å²) in [5.41, 5.74) is 2.40. The minimum atomic E-state index is -4.80. The van der Waals surface area contributed by atoms with Gasteiger partial charge in [0.05, 0.1) is 16.1 Å². The fourth-order valence-electron chi connectivity index (χ4n) is 0.985. The molecule has 0 aliphatic carbocycles. The van der Waals surface area contributed by atoms with Crippen molar-refractivity contribution in [3.63, 3.8) is 0 Å². The standard InChI is InChI=1S/C8H4ClF4NO/c9-5-2-4(8(11,12)13)3(7(14)15)1-6(5)10/h1-2H,(H2,14,15). The maximum absolute atomic E-state index is 12.8. The quantitative estimate of drug-likeness (QED) is 0.755. The van der Waals surface area contributed by atoms with E-state index in [9.17, 15) is 22.4 Å². The second-order valence-corrected chi connectivity index (χ2v) is 3.08. The average Bonchev–Trinajstić information content (AvgIpc) is 2.06. The molecule has 0 radical (unpaired) electrons. The average molecular weight is 242 g/mol. The molecule has 0 aromatic heterocycles. The Labute approximate surface area is 86.6 Å². The second kappa shape index (κ2) is 3.69. The molecule has 82 valence electrons. The van der Waals surface area contributed by atoms with Gasteiger partial charge in [0.2, 0.25) is 5.91 Å². The number of rotatable bonds is 1. The van der Waals surface area contributed by atoms with E-state index in [0.717, 1.165) is 0 Å². The number of benzene rings is 1. The highest BCUT2D eigenvalue weighted by Gasteiger charge is 2.35. The largest absolute Gasteiger partial charge is 0.417 e. The van der Waals surface area contributed by atoms with Crippen molar-refractivity contribution in [1.29, 1.82) is 0 Å². The number of hydrogen-bond donors (Lipinski definition) is 1. The summed E-state index contributed by atoms with van der Waals surface area (Å²) in [6.45, 7) is 0. The van der Waals surface area contributed by atoms with E-state index in [0.29, 0.717) is 12.1 Å². The minimum Gasteiger partial charge on any atom is -0.366 e. The van der Waals surface area contributed by atoms with Crippen LogP contribution in [0.25, 0.3) is 0 Å². The van der Waals surface area contributed by atoms with Crippen LogP contribution in [0.5, 0.6) is 0 Å². The molecule has 0 spiro atoms. The van der Waals surface area contributed by atoms with Crippen LogP contribution in [0.15, 0.2) is 12.1 Å². The van der Waals surface area contributed by atoms with Gasteiger partial charge in [-0.3, -0.25) is 4.79 Å². The fraction of sp³-hybridized carbons (Fsp3) is 0.125. The molecule has 0 fully saturated rings. The van der Waals surface area contributed by atoms with Gasteiger partial charge in [0, 0.05) is 0 Å². The Hall–Kier alpha value is -1.30. The number of nitrogens with two attached hydrogens (primary N) is 1. The highest BCUT2D eigenvalue weighted by atomic mass is 35.5. The van der Waals surface area contributed by atoms with Crippen molar-refractivity contribution < 1.29 is 22.4 Å². The van der Waals surface area contributed by atoms with Crippen molar-refractivity contribution in [2.24, 2.45) is 5.73 Å². The van der Waals surface area contributed by atoms with Crippen LogP contribution in [0.2, 0.25) is 5.02 Å². The monoisotopic (exact) mass is 241 g/mol. The first kappa shape index (κ1) is 11.8. The number of carbonyl (C=O) groups excluding carboxylic acids is 1. The van der Waals surface area contributed by atoms with Gasteiger partial charge >= 0.3 is 6.18 Å². The molecule has 1 aromatic rings. The molecule has 1 amide bonds. The van der Waals surface area contributed by atoms with Gasteiger partial charge in [-0.05, 0) is 12.1 Å². The predicted molar refractivity (Wildman–Crippen MR) is 44.9 cm³/mol. The number of primary amides is 1. The lowest BCUT2D eigenvalue weighted by Crippen LogP contribution is -2.19. The molecule has 0 saturated heterocycles. The lowest BCUT2D eigenvalue weighted by molar-refractivity contribution is -0.137. The highest BCUT2D eigenvalue weighted by Crippen LogP contribution is 2.34. The summed E-state index contributed by atoms with van der Waals surface area (Å²) in [5, 5.41) is -0.715. The molecule has 1 aromatic carbocycles. The van der Waals surface area contributed by atoms with Crippen molar-refractivity contribution >= 4 is 17.5 Å². The first-order chi connectivity index (χ1) is 6.73. The summed E-state index contributed by atoms with van der Waals surface area (Å²) in [7, 11) is 0. The number of halogens is 5. The molecule has 2 nitrogen and oxygen atoms in total. The third-order valence-corrected chi connectivity index (χ3v) is 1.92. The van der Waals surface area contributed by atoms with Gasteiger partial charge in [-0.1, -0.05) is 11.6 Å². The van der Waals surface area contributed by atoms with Crippen molar-refractivity contribution in [3.8, 4) is 0 Å². The van der Waals surface area contributed by atoms with Gasteiger partial charge in [-0.2, -0.15) is 13.2 Å². The summed E-state index contributed by atoms with van der Waals surface area (Å²) in [5.74, 6) is -2.49. The van der Waals surface area contributed by atoms with Crippen LogP contribution in [0, 0.1) is 5.82 Å². The number of alkyl halides is 3. The molecule has 0 atom stereocenters. The van der Waals surface area contributed by atoms with Crippen LogP contribution in [-0.2, 0) is 6.18 Å². The van der Waals surface area contributed by atoms with Gasteiger partial charge in [0.15, 0.2) is 0 Å². The fourth-order valence-corrected chi connectivity index (χ4v) is 1.15. The Morgan fingerprint density at radius 1 is 1.33 bits per heavy atom. The minimum absolute atomic E-state index is 0.330. The zero-order valence-electron chi connectivity index (χ0n) is 7.03. The normalized spacial score (nSPS) is 11.5. The molecule has 7 heteroatoms. The van der Waals surface area contributed by atoms with E-state index in [1.807, 2.05) is 0 Å². The smallest absolute Gasteiger partial charge is 0.366 e. The van der Waals surface area contributed by atoms with E-state index in [1.54, 1.807) is 0 Å². The third-order valence-electron chi connectivity index (χ3n) is 1.63. The molecule has 0 saturated carbocycles. The highest BCUT2D eigenvalue weighted by molar-refractivity contribution is 6.31. The SMILES string of the molecule is NC(=O)c1cc(F)c(Cl)cc1C(F)(F)F. The van der Waals surface area contributed by atoms with Gasteiger partial charge in [0.1, 0.15) is 5.82 Å². The topological polar surface area (TPSA) is 43.1 Å². The van der Waals surface area contributed by atoms with E-state index < -0.39 is 34.1 Å². The van der Waals surface area contributed by atoms with E-state index in [-0.39, 0.29) is 0 Å².